The molecule has 2 fully saturated rings. The van der Waals surface area contributed by atoms with E-state index in [0.717, 1.165) is 24.6 Å². The summed E-state index contributed by atoms with van der Waals surface area (Å²) in [6.07, 6.45) is 2.02. The molecule has 2 amide bonds. The largest absolute Gasteiger partial charge is 0.383 e. The van der Waals surface area contributed by atoms with Gasteiger partial charge in [-0.2, -0.15) is 0 Å². The van der Waals surface area contributed by atoms with Gasteiger partial charge < -0.3 is 11.5 Å². The third-order valence-corrected chi connectivity index (χ3v) is 4.09. The summed E-state index contributed by atoms with van der Waals surface area (Å²) in [5.41, 5.74) is 11.1. The van der Waals surface area contributed by atoms with E-state index in [1.54, 1.807) is 0 Å². The molecule has 0 bridgehead atoms. The van der Waals surface area contributed by atoms with Gasteiger partial charge in [0.15, 0.2) is 5.16 Å². The maximum Gasteiger partial charge on any atom is 0.243 e. The lowest BCUT2D eigenvalue weighted by Gasteiger charge is -2.13. The molecule has 1 unspecified atom stereocenters. The third-order valence-electron chi connectivity index (χ3n) is 3.05. The van der Waals surface area contributed by atoms with E-state index in [4.69, 9.17) is 11.5 Å². The van der Waals surface area contributed by atoms with E-state index in [2.05, 4.69) is 9.97 Å². The molecular formula is C11H13N5O2S. The zero-order chi connectivity index (χ0) is 13.6. The molecule has 1 aromatic rings. The van der Waals surface area contributed by atoms with E-state index in [0.29, 0.717) is 5.16 Å². The molecular weight excluding hydrogens is 266 g/mol. The first-order valence-corrected chi connectivity index (χ1v) is 6.85. The summed E-state index contributed by atoms with van der Waals surface area (Å²) >= 11 is 1.15. The lowest BCUT2D eigenvalue weighted by Crippen LogP contribution is -2.33. The van der Waals surface area contributed by atoms with E-state index in [9.17, 15) is 9.59 Å². The van der Waals surface area contributed by atoms with E-state index in [1.807, 2.05) is 0 Å². The zero-order valence-electron chi connectivity index (χ0n) is 10.1. The van der Waals surface area contributed by atoms with Crippen molar-refractivity contribution >= 4 is 35.2 Å². The van der Waals surface area contributed by atoms with Crippen LogP contribution in [-0.4, -0.2) is 38.0 Å². The number of amides is 2. The molecule has 2 heterocycles. The van der Waals surface area contributed by atoms with Crippen LogP contribution in [0.5, 0.6) is 0 Å². The number of aromatic nitrogens is 2. The predicted octanol–water partition coefficient (Wildman–Crippen LogP) is 0.0230. The number of likely N-dealkylation sites (tertiary alicyclic amines) is 1. The summed E-state index contributed by atoms with van der Waals surface area (Å²) in [6.45, 7) is 0. The number of nitrogen functional groups attached to an aromatic ring is 2. The number of nitrogens with two attached hydrogens (primary N) is 2. The fourth-order valence-corrected chi connectivity index (χ4v) is 3.08. The molecule has 4 N–H and O–H groups in total. The fraction of sp³-hybridized carbons (Fsp3) is 0.455. The first-order chi connectivity index (χ1) is 9.04. The molecule has 100 valence electrons. The van der Waals surface area contributed by atoms with Gasteiger partial charge in [0.05, 0.1) is 0 Å². The zero-order valence-corrected chi connectivity index (χ0v) is 10.9. The minimum Gasteiger partial charge on any atom is -0.383 e. The van der Waals surface area contributed by atoms with Crippen molar-refractivity contribution in [3.05, 3.63) is 6.07 Å². The van der Waals surface area contributed by atoms with Gasteiger partial charge in [0, 0.05) is 18.5 Å². The molecule has 7 nitrogen and oxygen atoms in total. The van der Waals surface area contributed by atoms with Crippen molar-refractivity contribution < 1.29 is 9.59 Å². The molecule has 0 spiro atoms. The molecule has 1 aliphatic carbocycles. The fourth-order valence-electron chi connectivity index (χ4n) is 2.07. The predicted molar refractivity (Wildman–Crippen MR) is 70.0 cm³/mol. The minimum absolute atomic E-state index is 0.109. The van der Waals surface area contributed by atoms with Gasteiger partial charge in [-0.15, -0.1) is 0 Å². The molecule has 1 aromatic heterocycles. The van der Waals surface area contributed by atoms with E-state index >= 15 is 0 Å². The summed E-state index contributed by atoms with van der Waals surface area (Å²) in [5, 5.41) is -0.129. The van der Waals surface area contributed by atoms with Crippen molar-refractivity contribution in [2.45, 2.75) is 35.7 Å². The Bertz CT molecular complexity index is 540. The van der Waals surface area contributed by atoms with Crippen molar-refractivity contribution in [2.24, 2.45) is 0 Å². The Morgan fingerprint density at radius 1 is 1.21 bits per heavy atom. The Hall–Kier alpha value is -1.83. The van der Waals surface area contributed by atoms with Gasteiger partial charge >= 0.3 is 0 Å². The van der Waals surface area contributed by atoms with Crippen LogP contribution in [0.3, 0.4) is 0 Å². The maximum absolute atomic E-state index is 12.1. The third kappa shape index (κ3) is 2.35. The maximum atomic E-state index is 12.1. The first-order valence-electron chi connectivity index (χ1n) is 5.97. The second kappa shape index (κ2) is 4.37. The Morgan fingerprint density at radius 3 is 2.42 bits per heavy atom. The number of imide groups is 1. The molecule has 3 rings (SSSR count). The quantitative estimate of drug-likeness (QED) is 0.592. The summed E-state index contributed by atoms with van der Waals surface area (Å²) in [4.78, 5) is 33.3. The Morgan fingerprint density at radius 2 is 1.84 bits per heavy atom. The molecule has 1 saturated heterocycles. The van der Waals surface area contributed by atoms with Gasteiger partial charge in [0.1, 0.15) is 16.9 Å². The van der Waals surface area contributed by atoms with Crippen LogP contribution >= 0.6 is 11.8 Å². The molecule has 1 saturated carbocycles. The highest BCUT2D eigenvalue weighted by atomic mass is 32.2. The lowest BCUT2D eigenvalue weighted by atomic mass is 10.4. The average Bonchev–Trinajstić information content (AvgIpc) is 3.07. The first kappa shape index (κ1) is 12.2. The highest BCUT2D eigenvalue weighted by molar-refractivity contribution is 8.00. The summed E-state index contributed by atoms with van der Waals surface area (Å²) in [5.74, 6) is 0.251. The Kier molecular flexibility index (Phi) is 2.81. The van der Waals surface area contributed by atoms with Crippen LogP contribution in [0.25, 0.3) is 0 Å². The number of thioether (sulfide) groups is 1. The van der Waals surface area contributed by atoms with Crippen LogP contribution in [0.15, 0.2) is 11.2 Å². The van der Waals surface area contributed by atoms with Crippen LogP contribution in [0.1, 0.15) is 19.3 Å². The van der Waals surface area contributed by atoms with Crippen LogP contribution in [0.2, 0.25) is 0 Å². The number of anilines is 2. The molecule has 0 aromatic carbocycles. The van der Waals surface area contributed by atoms with Gasteiger partial charge in [-0.05, 0) is 12.8 Å². The Balaban J connectivity index is 1.76. The molecule has 0 radical (unpaired) electrons. The van der Waals surface area contributed by atoms with Gasteiger partial charge in [0.2, 0.25) is 11.8 Å². The number of hydrogen-bond acceptors (Lipinski definition) is 7. The van der Waals surface area contributed by atoms with Crippen LogP contribution < -0.4 is 11.5 Å². The van der Waals surface area contributed by atoms with Gasteiger partial charge in [-0.3, -0.25) is 14.5 Å². The lowest BCUT2D eigenvalue weighted by molar-refractivity contribution is -0.138. The summed E-state index contributed by atoms with van der Waals surface area (Å²) < 4.78 is 0. The van der Waals surface area contributed by atoms with Crippen LogP contribution in [0.4, 0.5) is 11.6 Å². The SMILES string of the molecule is Nc1cc(N)nc(SC2CC(=O)N(C3CC3)C2=O)n1. The standard InChI is InChI=1S/C11H13N5O2S/c12-7-4-8(13)15-11(14-7)19-6-3-9(17)16(10(6)18)5-1-2-5/h4-6H,1-3H2,(H4,12,13,14,15). The number of hydrogen-bond donors (Lipinski definition) is 2. The normalized spacial score (nSPS) is 23.2. The number of carbonyl (C=O) groups is 2. The molecule has 1 aliphatic heterocycles. The summed E-state index contributed by atoms with van der Waals surface area (Å²) in [6, 6.07) is 1.56. The smallest absolute Gasteiger partial charge is 0.243 e. The van der Waals surface area contributed by atoms with Crippen molar-refractivity contribution in [2.75, 3.05) is 11.5 Å². The summed E-state index contributed by atoms with van der Waals surface area (Å²) in [7, 11) is 0. The van der Waals surface area contributed by atoms with E-state index < -0.39 is 5.25 Å². The Labute approximate surface area is 113 Å². The molecule has 1 atom stereocenters. The second-order valence-corrected chi connectivity index (χ2v) is 5.81. The van der Waals surface area contributed by atoms with Crippen molar-refractivity contribution in [3.63, 3.8) is 0 Å². The highest BCUT2D eigenvalue weighted by Crippen LogP contribution is 2.36. The van der Waals surface area contributed by atoms with Crippen molar-refractivity contribution in [1.82, 2.24) is 14.9 Å². The molecule has 19 heavy (non-hydrogen) atoms. The van der Waals surface area contributed by atoms with Crippen molar-refractivity contribution in [3.8, 4) is 0 Å². The van der Waals surface area contributed by atoms with Crippen LogP contribution in [-0.2, 0) is 9.59 Å². The van der Waals surface area contributed by atoms with E-state index in [-0.39, 0.29) is 35.9 Å². The number of carbonyl (C=O) groups excluding carboxylic acids is 2. The monoisotopic (exact) mass is 279 g/mol. The highest BCUT2D eigenvalue weighted by Gasteiger charge is 2.46. The molecule has 8 heteroatoms. The number of rotatable bonds is 3. The second-order valence-electron chi connectivity index (χ2n) is 4.64. The van der Waals surface area contributed by atoms with Gasteiger partial charge in [-0.1, -0.05) is 11.8 Å². The minimum atomic E-state index is -0.464. The van der Waals surface area contributed by atoms with E-state index in [1.165, 1.54) is 11.0 Å². The average molecular weight is 279 g/mol. The van der Waals surface area contributed by atoms with Crippen LogP contribution in [0, 0.1) is 0 Å². The number of nitrogens with zero attached hydrogens (tertiary/aromatic N) is 3. The van der Waals surface area contributed by atoms with Crippen molar-refractivity contribution in [1.29, 1.82) is 0 Å². The topological polar surface area (TPSA) is 115 Å². The molecule has 2 aliphatic rings. The van der Waals surface area contributed by atoms with Gasteiger partial charge in [-0.25, -0.2) is 9.97 Å². The van der Waals surface area contributed by atoms with Gasteiger partial charge in [0.25, 0.3) is 0 Å².